The Morgan fingerprint density at radius 1 is 0.958 bits per heavy atom. The number of methoxy groups -OCH3 is 2. The number of Topliss-reactive ketones (excluding diaryl/α,β-unsaturated/α-hetero) is 1. The quantitative estimate of drug-likeness (QED) is 0.667. The maximum Gasteiger partial charge on any atom is 0.161 e. The van der Waals surface area contributed by atoms with Crippen LogP contribution in [0.1, 0.15) is 23.0 Å². The maximum absolute atomic E-state index is 11.4. The summed E-state index contributed by atoms with van der Waals surface area (Å²) in [5.74, 6) is 1.43. The predicted octanol–water partition coefficient (Wildman–Crippen LogP) is 4.43. The molecule has 0 aliphatic carbocycles. The molecule has 0 atom stereocenters. The first-order chi connectivity index (χ1) is 11.5. The van der Waals surface area contributed by atoms with E-state index in [9.17, 15) is 4.79 Å². The van der Waals surface area contributed by atoms with Crippen molar-refractivity contribution in [2.45, 2.75) is 13.8 Å². The van der Waals surface area contributed by atoms with Crippen molar-refractivity contribution in [2.75, 3.05) is 14.2 Å². The highest BCUT2D eigenvalue weighted by molar-refractivity contribution is 5.95. The van der Waals surface area contributed by atoms with E-state index in [1.165, 1.54) is 0 Å². The number of carbonyl (C=O) groups excluding carboxylic acids is 1. The van der Waals surface area contributed by atoms with Crippen molar-refractivity contribution in [1.29, 1.82) is 0 Å². The van der Waals surface area contributed by atoms with Gasteiger partial charge in [0.1, 0.15) is 0 Å². The fourth-order valence-electron chi connectivity index (χ4n) is 2.77. The van der Waals surface area contributed by atoms with Crippen LogP contribution in [-0.2, 0) is 0 Å². The van der Waals surface area contributed by atoms with Crippen LogP contribution in [0.15, 0.2) is 42.5 Å². The molecular weight excluding hydrogens is 302 g/mol. The molecule has 0 saturated heterocycles. The first kappa shape index (κ1) is 16.0. The minimum atomic E-state index is 0.0565. The molecular formula is C20H19NO3. The highest BCUT2D eigenvalue weighted by atomic mass is 16.5. The number of ether oxygens (including phenoxy) is 2. The summed E-state index contributed by atoms with van der Waals surface area (Å²) in [5, 5.41) is 2.06. The van der Waals surface area contributed by atoms with Crippen LogP contribution in [0, 0.1) is 6.92 Å². The van der Waals surface area contributed by atoms with Crippen LogP contribution >= 0.6 is 0 Å². The lowest BCUT2D eigenvalue weighted by atomic mass is 10.0. The van der Waals surface area contributed by atoms with Gasteiger partial charge in [-0.25, -0.2) is 0 Å². The molecule has 0 bridgehead atoms. The first-order valence-electron chi connectivity index (χ1n) is 7.68. The topological polar surface area (TPSA) is 48.4 Å². The number of hydrogen-bond acceptors (Lipinski definition) is 4. The van der Waals surface area contributed by atoms with Crippen molar-refractivity contribution in [2.24, 2.45) is 0 Å². The van der Waals surface area contributed by atoms with Gasteiger partial charge in [0.05, 0.1) is 19.9 Å². The first-order valence-corrected chi connectivity index (χ1v) is 7.68. The molecule has 0 unspecified atom stereocenters. The molecule has 0 aliphatic rings. The number of fused-ring (bicyclic) bond motifs is 1. The van der Waals surface area contributed by atoms with Gasteiger partial charge < -0.3 is 9.47 Å². The molecule has 122 valence electrons. The molecule has 3 aromatic rings. The zero-order valence-electron chi connectivity index (χ0n) is 14.2. The molecule has 0 fully saturated rings. The zero-order chi connectivity index (χ0) is 17.3. The standard InChI is InChI=1S/C20H19NO3/c1-12-17-11-20(24-4)19(23-3)10-16(17)9-18(21-12)15-7-5-14(6-8-15)13(2)22/h5-11H,1-4H3. The summed E-state index contributed by atoms with van der Waals surface area (Å²) in [6, 6.07) is 13.4. The van der Waals surface area contributed by atoms with Crippen molar-refractivity contribution in [1.82, 2.24) is 4.98 Å². The lowest BCUT2D eigenvalue weighted by molar-refractivity contribution is 0.101. The van der Waals surface area contributed by atoms with Gasteiger partial charge in [-0.2, -0.15) is 0 Å². The number of hydrogen-bond donors (Lipinski definition) is 0. The smallest absolute Gasteiger partial charge is 0.161 e. The average Bonchev–Trinajstić information content (AvgIpc) is 2.60. The third-order valence-electron chi connectivity index (χ3n) is 4.11. The fourth-order valence-corrected chi connectivity index (χ4v) is 2.77. The molecule has 2 aromatic carbocycles. The third kappa shape index (κ3) is 2.83. The van der Waals surface area contributed by atoms with E-state index in [1.54, 1.807) is 21.1 Å². The van der Waals surface area contributed by atoms with Crippen LogP contribution < -0.4 is 9.47 Å². The van der Waals surface area contributed by atoms with Crippen LogP contribution in [0.2, 0.25) is 0 Å². The van der Waals surface area contributed by atoms with Gasteiger partial charge in [0.15, 0.2) is 17.3 Å². The van der Waals surface area contributed by atoms with Crippen molar-refractivity contribution in [3.63, 3.8) is 0 Å². The molecule has 0 radical (unpaired) electrons. The SMILES string of the molecule is COc1cc2cc(-c3ccc(C(C)=O)cc3)nc(C)c2cc1OC. The summed E-state index contributed by atoms with van der Waals surface area (Å²) in [6.45, 7) is 3.54. The van der Waals surface area contributed by atoms with Crippen LogP contribution in [0.5, 0.6) is 11.5 Å². The highest BCUT2D eigenvalue weighted by Gasteiger charge is 2.11. The second-order valence-electron chi connectivity index (χ2n) is 5.65. The molecule has 1 aromatic heterocycles. The van der Waals surface area contributed by atoms with Gasteiger partial charge in [-0.3, -0.25) is 9.78 Å². The number of carbonyl (C=O) groups is 1. The van der Waals surface area contributed by atoms with Crippen LogP contribution in [-0.4, -0.2) is 25.0 Å². The van der Waals surface area contributed by atoms with Crippen LogP contribution in [0.4, 0.5) is 0 Å². The van der Waals surface area contributed by atoms with E-state index in [0.29, 0.717) is 17.1 Å². The van der Waals surface area contributed by atoms with Gasteiger partial charge in [-0.15, -0.1) is 0 Å². The van der Waals surface area contributed by atoms with E-state index < -0.39 is 0 Å². The number of aromatic nitrogens is 1. The average molecular weight is 321 g/mol. The summed E-state index contributed by atoms with van der Waals surface area (Å²) >= 11 is 0. The lowest BCUT2D eigenvalue weighted by Gasteiger charge is -2.12. The summed E-state index contributed by atoms with van der Waals surface area (Å²) in [4.78, 5) is 16.1. The van der Waals surface area contributed by atoms with Gasteiger partial charge in [0, 0.05) is 22.2 Å². The number of aryl methyl sites for hydroxylation is 1. The summed E-state index contributed by atoms with van der Waals surface area (Å²) < 4.78 is 10.8. The van der Waals surface area contributed by atoms with E-state index >= 15 is 0 Å². The van der Waals surface area contributed by atoms with Gasteiger partial charge >= 0.3 is 0 Å². The number of nitrogens with zero attached hydrogens (tertiary/aromatic N) is 1. The van der Waals surface area contributed by atoms with Crippen molar-refractivity contribution in [3.05, 3.63) is 53.7 Å². The largest absolute Gasteiger partial charge is 0.493 e. The molecule has 3 rings (SSSR count). The molecule has 0 N–H and O–H groups in total. The van der Waals surface area contributed by atoms with Crippen molar-refractivity contribution in [3.8, 4) is 22.8 Å². The third-order valence-corrected chi connectivity index (χ3v) is 4.11. The molecule has 1 heterocycles. The molecule has 0 aliphatic heterocycles. The Kier molecular flexibility index (Phi) is 4.21. The lowest BCUT2D eigenvalue weighted by Crippen LogP contribution is -1.95. The van der Waals surface area contributed by atoms with E-state index in [1.807, 2.05) is 49.4 Å². The van der Waals surface area contributed by atoms with Gasteiger partial charge in [0.25, 0.3) is 0 Å². The van der Waals surface area contributed by atoms with Crippen LogP contribution in [0.25, 0.3) is 22.0 Å². The Balaban J connectivity index is 2.14. The Morgan fingerprint density at radius 3 is 2.17 bits per heavy atom. The van der Waals surface area contributed by atoms with Gasteiger partial charge in [0.2, 0.25) is 0 Å². The number of pyridine rings is 1. The molecule has 0 spiro atoms. The normalized spacial score (nSPS) is 10.7. The minimum absolute atomic E-state index is 0.0565. The second-order valence-corrected chi connectivity index (χ2v) is 5.65. The fraction of sp³-hybridized carbons (Fsp3) is 0.200. The highest BCUT2D eigenvalue weighted by Crippen LogP contribution is 2.34. The monoisotopic (exact) mass is 321 g/mol. The second kappa shape index (κ2) is 6.32. The van der Waals surface area contributed by atoms with E-state index in [4.69, 9.17) is 14.5 Å². The Hall–Kier alpha value is -2.88. The minimum Gasteiger partial charge on any atom is -0.493 e. The molecule has 4 heteroatoms. The van der Waals surface area contributed by atoms with E-state index in [-0.39, 0.29) is 5.78 Å². The predicted molar refractivity (Wildman–Crippen MR) is 95.0 cm³/mol. The Morgan fingerprint density at radius 2 is 1.58 bits per heavy atom. The Bertz CT molecular complexity index is 914. The summed E-state index contributed by atoms with van der Waals surface area (Å²) in [5.41, 5.74) is 3.45. The van der Waals surface area contributed by atoms with Crippen molar-refractivity contribution < 1.29 is 14.3 Å². The van der Waals surface area contributed by atoms with E-state index in [0.717, 1.165) is 27.7 Å². The molecule has 24 heavy (non-hydrogen) atoms. The maximum atomic E-state index is 11.4. The van der Waals surface area contributed by atoms with E-state index in [2.05, 4.69) is 0 Å². The van der Waals surface area contributed by atoms with Crippen molar-refractivity contribution >= 4 is 16.6 Å². The number of ketones is 1. The summed E-state index contributed by atoms with van der Waals surface area (Å²) in [7, 11) is 3.25. The Labute approximate surface area is 141 Å². The van der Waals surface area contributed by atoms with Gasteiger partial charge in [-0.1, -0.05) is 24.3 Å². The van der Waals surface area contributed by atoms with Crippen LogP contribution in [0.3, 0.4) is 0 Å². The molecule has 4 nitrogen and oxygen atoms in total. The summed E-state index contributed by atoms with van der Waals surface area (Å²) in [6.07, 6.45) is 0. The number of benzene rings is 2. The zero-order valence-corrected chi connectivity index (χ0v) is 14.2. The number of rotatable bonds is 4. The molecule has 0 saturated carbocycles. The van der Waals surface area contributed by atoms with Gasteiger partial charge in [-0.05, 0) is 37.4 Å². The molecule has 0 amide bonds.